The molecule has 1 aliphatic rings. The molecule has 0 atom stereocenters. The number of rotatable bonds is 7. The molecule has 1 aliphatic carbocycles. The summed E-state index contributed by atoms with van der Waals surface area (Å²) in [6.07, 6.45) is 6.27. The van der Waals surface area contributed by atoms with Gasteiger partial charge in [0.25, 0.3) is 0 Å². The summed E-state index contributed by atoms with van der Waals surface area (Å²) in [5.41, 5.74) is 8.24. The van der Waals surface area contributed by atoms with Crippen molar-refractivity contribution in [2.45, 2.75) is 25.2 Å². The Kier molecular flexibility index (Phi) is 4.16. The zero-order valence-corrected chi connectivity index (χ0v) is 14.6. The summed E-state index contributed by atoms with van der Waals surface area (Å²) in [7, 11) is 1.91. The van der Waals surface area contributed by atoms with Crippen LogP contribution in [0.15, 0.2) is 30.6 Å². The molecule has 0 saturated heterocycles. The van der Waals surface area contributed by atoms with Gasteiger partial charge in [0.05, 0.1) is 11.7 Å². The van der Waals surface area contributed by atoms with Gasteiger partial charge in [-0.3, -0.25) is 9.48 Å². The van der Waals surface area contributed by atoms with Crippen LogP contribution in [0.1, 0.15) is 30.7 Å². The van der Waals surface area contributed by atoms with Crippen molar-refractivity contribution < 1.29 is 4.79 Å². The number of nitrogens with zero attached hydrogens (tertiary/aromatic N) is 4. The molecule has 1 aromatic carbocycles. The number of hydrogen-bond acceptors (Lipinski definition) is 6. The summed E-state index contributed by atoms with van der Waals surface area (Å²) in [6, 6.07) is 6.00. The van der Waals surface area contributed by atoms with Gasteiger partial charge >= 0.3 is 0 Å². The molecule has 1 fully saturated rings. The molecule has 26 heavy (non-hydrogen) atoms. The van der Waals surface area contributed by atoms with Crippen molar-refractivity contribution in [1.82, 2.24) is 19.7 Å². The third kappa shape index (κ3) is 3.44. The summed E-state index contributed by atoms with van der Waals surface area (Å²) < 4.78 is 1.83. The number of amides is 1. The number of hydrogen-bond donors (Lipinski definition) is 3. The lowest BCUT2D eigenvalue weighted by molar-refractivity contribution is -0.117. The first kappa shape index (κ1) is 16.3. The van der Waals surface area contributed by atoms with Gasteiger partial charge in [0, 0.05) is 42.8 Å². The van der Waals surface area contributed by atoms with E-state index >= 15 is 0 Å². The fourth-order valence-electron chi connectivity index (χ4n) is 2.94. The van der Waals surface area contributed by atoms with Gasteiger partial charge in [-0.1, -0.05) is 0 Å². The normalized spacial score (nSPS) is 13.7. The molecule has 3 aromatic rings. The van der Waals surface area contributed by atoms with Crippen LogP contribution in [0, 0.1) is 0 Å². The van der Waals surface area contributed by atoms with Gasteiger partial charge in [0.2, 0.25) is 11.9 Å². The summed E-state index contributed by atoms with van der Waals surface area (Å²) in [4.78, 5) is 20.0. The molecule has 0 unspecified atom stereocenters. The van der Waals surface area contributed by atoms with E-state index < -0.39 is 0 Å². The number of anilines is 3. The van der Waals surface area contributed by atoms with Crippen LogP contribution >= 0.6 is 0 Å². The highest BCUT2D eigenvalue weighted by molar-refractivity contribution is 5.83. The average Bonchev–Trinajstić information content (AvgIpc) is 3.39. The molecule has 8 heteroatoms. The van der Waals surface area contributed by atoms with Gasteiger partial charge in [0.1, 0.15) is 5.82 Å². The zero-order chi connectivity index (χ0) is 18.1. The molecule has 134 valence electrons. The predicted molar refractivity (Wildman–Crippen MR) is 100 cm³/mol. The molecule has 0 bridgehead atoms. The quantitative estimate of drug-likeness (QED) is 0.602. The SMILES string of the molecule is Cn1ncc2ccc(Nc3ncc(C4CC4)c(NCCC(N)=O)n3)cc21. The second kappa shape index (κ2) is 6.62. The minimum atomic E-state index is -0.331. The maximum atomic E-state index is 11.0. The summed E-state index contributed by atoms with van der Waals surface area (Å²) in [5, 5.41) is 11.8. The van der Waals surface area contributed by atoms with Crippen LogP contribution in [0.25, 0.3) is 10.9 Å². The van der Waals surface area contributed by atoms with Crippen LogP contribution in [0.4, 0.5) is 17.5 Å². The third-order valence-electron chi connectivity index (χ3n) is 4.50. The van der Waals surface area contributed by atoms with Crippen molar-refractivity contribution in [3.8, 4) is 0 Å². The number of carbonyl (C=O) groups is 1. The Balaban J connectivity index is 1.56. The molecular weight excluding hydrogens is 330 g/mol. The number of benzene rings is 1. The highest BCUT2D eigenvalue weighted by Crippen LogP contribution is 2.42. The van der Waals surface area contributed by atoms with E-state index in [2.05, 4.69) is 25.7 Å². The van der Waals surface area contributed by atoms with Gasteiger partial charge in [-0.2, -0.15) is 10.1 Å². The van der Waals surface area contributed by atoms with Crippen molar-refractivity contribution in [3.05, 3.63) is 36.2 Å². The van der Waals surface area contributed by atoms with Crippen LogP contribution in [0.2, 0.25) is 0 Å². The Labute approximate surface area is 150 Å². The molecule has 0 radical (unpaired) electrons. The Hall–Kier alpha value is -3.16. The number of nitrogens with two attached hydrogens (primary N) is 1. The van der Waals surface area contributed by atoms with Crippen LogP contribution in [0.5, 0.6) is 0 Å². The number of carbonyl (C=O) groups excluding carboxylic acids is 1. The summed E-state index contributed by atoms with van der Waals surface area (Å²) in [6.45, 7) is 0.465. The smallest absolute Gasteiger partial charge is 0.229 e. The second-order valence-electron chi connectivity index (χ2n) is 6.58. The van der Waals surface area contributed by atoms with Crippen LogP contribution in [-0.4, -0.2) is 32.2 Å². The molecule has 0 spiro atoms. The molecular formula is C18H21N7O. The minimum absolute atomic E-state index is 0.272. The first-order valence-electron chi connectivity index (χ1n) is 8.68. The van der Waals surface area contributed by atoms with E-state index in [4.69, 9.17) is 5.73 Å². The van der Waals surface area contributed by atoms with E-state index in [1.165, 1.54) is 0 Å². The van der Waals surface area contributed by atoms with E-state index in [1.807, 2.05) is 42.3 Å². The number of primary amides is 1. The maximum absolute atomic E-state index is 11.0. The molecule has 8 nitrogen and oxygen atoms in total. The highest BCUT2D eigenvalue weighted by Gasteiger charge is 2.27. The highest BCUT2D eigenvalue weighted by atomic mass is 16.1. The van der Waals surface area contributed by atoms with Crippen molar-refractivity contribution in [3.63, 3.8) is 0 Å². The van der Waals surface area contributed by atoms with Crippen molar-refractivity contribution in [2.75, 3.05) is 17.2 Å². The fourth-order valence-corrected chi connectivity index (χ4v) is 2.94. The zero-order valence-electron chi connectivity index (χ0n) is 14.6. The van der Waals surface area contributed by atoms with E-state index in [0.717, 1.165) is 40.8 Å². The number of fused-ring (bicyclic) bond motifs is 1. The monoisotopic (exact) mass is 351 g/mol. The molecule has 1 amide bonds. The molecule has 2 aromatic heterocycles. The first-order valence-corrected chi connectivity index (χ1v) is 8.68. The largest absolute Gasteiger partial charge is 0.370 e. The van der Waals surface area contributed by atoms with Crippen molar-refractivity contribution in [2.24, 2.45) is 12.8 Å². The lowest BCUT2D eigenvalue weighted by Gasteiger charge is -2.12. The Morgan fingerprint density at radius 3 is 2.96 bits per heavy atom. The van der Waals surface area contributed by atoms with Gasteiger partial charge in [-0.25, -0.2) is 4.98 Å². The van der Waals surface area contributed by atoms with Gasteiger partial charge in [0.15, 0.2) is 0 Å². The Morgan fingerprint density at radius 2 is 2.19 bits per heavy atom. The molecule has 4 rings (SSSR count). The fraction of sp³-hybridized carbons (Fsp3) is 0.333. The standard InChI is InChI=1S/C18H21N7O/c1-25-15-8-13(5-4-12(15)9-22-25)23-18-21-10-14(11-2-3-11)17(24-18)20-7-6-16(19)26/h4-5,8-11H,2-3,6-7H2,1H3,(H2,19,26)(H2,20,21,23,24). The Bertz CT molecular complexity index is 961. The first-order chi connectivity index (χ1) is 12.6. The number of aryl methyl sites for hydroxylation is 1. The molecule has 1 saturated carbocycles. The lowest BCUT2D eigenvalue weighted by Crippen LogP contribution is -2.17. The average molecular weight is 351 g/mol. The minimum Gasteiger partial charge on any atom is -0.370 e. The van der Waals surface area contributed by atoms with E-state index in [9.17, 15) is 4.79 Å². The predicted octanol–water partition coefficient (Wildman–Crippen LogP) is 2.27. The van der Waals surface area contributed by atoms with Crippen molar-refractivity contribution in [1.29, 1.82) is 0 Å². The van der Waals surface area contributed by atoms with E-state index in [0.29, 0.717) is 18.4 Å². The topological polar surface area (TPSA) is 111 Å². The summed E-state index contributed by atoms with van der Waals surface area (Å²) >= 11 is 0. The van der Waals surface area contributed by atoms with Gasteiger partial charge < -0.3 is 16.4 Å². The van der Waals surface area contributed by atoms with Crippen molar-refractivity contribution >= 4 is 34.3 Å². The van der Waals surface area contributed by atoms with Crippen LogP contribution < -0.4 is 16.4 Å². The lowest BCUT2D eigenvalue weighted by atomic mass is 10.2. The van der Waals surface area contributed by atoms with Crippen LogP contribution in [0.3, 0.4) is 0 Å². The van der Waals surface area contributed by atoms with Gasteiger partial charge in [-0.05, 0) is 37.0 Å². The van der Waals surface area contributed by atoms with E-state index in [-0.39, 0.29) is 12.3 Å². The third-order valence-corrected chi connectivity index (χ3v) is 4.50. The maximum Gasteiger partial charge on any atom is 0.229 e. The Morgan fingerprint density at radius 1 is 1.35 bits per heavy atom. The second-order valence-corrected chi connectivity index (χ2v) is 6.58. The van der Waals surface area contributed by atoms with E-state index in [1.54, 1.807) is 0 Å². The molecule has 4 N–H and O–H groups in total. The van der Waals surface area contributed by atoms with Gasteiger partial charge in [-0.15, -0.1) is 0 Å². The van der Waals surface area contributed by atoms with Crippen LogP contribution in [-0.2, 0) is 11.8 Å². The number of nitrogens with one attached hydrogen (secondary N) is 2. The number of aromatic nitrogens is 4. The summed E-state index contributed by atoms with van der Waals surface area (Å²) in [5.74, 6) is 1.46. The molecule has 2 heterocycles. The molecule has 0 aliphatic heterocycles.